The molecule has 0 amide bonds. The largest absolute Gasteiger partial charge is 0.389 e. The third-order valence-corrected chi connectivity index (χ3v) is 3.02. The van der Waals surface area contributed by atoms with Crippen LogP contribution in [0.3, 0.4) is 0 Å². The lowest BCUT2D eigenvalue weighted by atomic mass is 10.1. The van der Waals surface area contributed by atoms with E-state index < -0.39 is 23.7 Å². The van der Waals surface area contributed by atoms with Crippen molar-refractivity contribution in [2.75, 3.05) is 12.9 Å². The number of thioether (sulfide) groups is 1. The van der Waals surface area contributed by atoms with Crippen molar-refractivity contribution in [1.29, 1.82) is 0 Å². The van der Waals surface area contributed by atoms with Crippen molar-refractivity contribution in [1.82, 2.24) is 0 Å². The summed E-state index contributed by atoms with van der Waals surface area (Å²) < 4.78 is 4.86. The summed E-state index contributed by atoms with van der Waals surface area (Å²) in [6.07, 6.45) is -2.92. The lowest BCUT2D eigenvalue weighted by Crippen LogP contribution is -2.49. The lowest BCUT2D eigenvalue weighted by Gasteiger charge is -2.33. The average molecular weight is 180 g/mol. The van der Waals surface area contributed by atoms with Crippen LogP contribution in [0.4, 0.5) is 0 Å². The highest BCUT2D eigenvalue weighted by atomic mass is 32.2. The highest BCUT2D eigenvalue weighted by Gasteiger charge is 2.36. The second-order valence-electron chi connectivity index (χ2n) is 2.49. The minimum atomic E-state index is -1.08. The Hall–Kier alpha value is 0.190. The number of ether oxygens (including phenoxy) is 1. The van der Waals surface area contributed by atoms with Crippen LogP contribution in [0.5, 0.6) is 0 Å². The highest BCUT2D eigenvalue weighted by Crippen LogP contribution is 2.26. The minimum absolute atomic E-state index is 0.400. The van der Waals surface area contributed by atoms with Crippen molar-refractivity contribution in [2.45, 2.75) is 23.7 Å². The Bertz CT molecular complexity index is 130. The third kappa shape index (κ3) is 1.86. The van der Waals surface area contributed by atoms with Crippen molar-refractivity contribution in [2.24, 2.45) is 0 Å². The number of rotatable bonds is 1. The standard InChI is InChI=1S/C6H12O4S/c1-10-6-5(9)4(8)3(7)2-11-6/h3-9H,2H2,1H3/t3-,4+,5-,6?/m1/s1. The minimum Gasteiger partial charge on any atom is -0.389 e. The first-order valence-electron chi connectivity index (χ1n) is 3.35. The van der Waals surface area contributed by atoms with E-state index in [9.17, 15) is 5.11 Å². The molecule has 0 aromatic carbocycles. The Labute approximate surface area is 69.2 Å². The van der Waals surface area contributed by atoms with Crippen LogP contribution >= 0.6 is 11.8 Å². The van der Waals surface area contributed by atoms with Crippen molar-refractivity contribution < 1.29 is 20.1 Å². The van der Waals surface area contributed by atoms with Crippen LogP contribution in [0.1, 0.15) is 0 Å². The van der Waals surface area contributed by atoms with E-state index in [-0.39, 0.29) is 0 Å². The van der Waals surface area contributed by atoms with Gasteiger partial charge in [-0.25, -0.2) is 0 Å². The number of aliphatic hydroxyl groups is 3. The van der Waals surface area contributed by atoms with E-state index in [2.05, 4.69) is 0 Å². The summed E-state index contributed by atoms with van der Waals surface area (Å²) in [5.74, 6) is 0.400. The Kier molecular flexibility index (Phi) is 3.15. The maximum absolute atomic E-state index is 9.25. The molecule has 1 heterocycles. The molecule has 1 saturated heterocycles. The molecular weight excluding hydrogens is 168 g/mol. The molecule has 0 bridgehead atoms. The predicted molar refractivity (Wildman–Crippen MR) is 41.3 cm³/mol. The van der Waals surface area contributed by atoms with E-state index in [0.29, 0.717) is 5.75 Å². The molecule has 4 atom stereocenters. The number of aliphatic hydroxyl groups excluding tert-OH is 3. The smallest absolute Gasteiger partial charge is 0.131 e. The van der Waals surface area contributed by atoms with Gasteiger partial charge in [0.05, 0.1) is 6.10 Å². The highest BCUT2D eigenvalue weighted by molar-refractivity contribution is 7.99. The lowest BCUT2D eigenvalue weighted by molar-refractivity contribution is -0.0911. The predicted octanol–water partition coefficient (Wildman–Crippen LogP) is -1.21. The zero-order chi connectivity index (χ0) is 8.43. The molecule has 0 radical (unpaired) electrons. The first kappa shape index (κ1) is 9.28. The number of hydrogen-bond donors (Lipinski definition) is 3. The molecule has 1 rings (SSSR count). The quantitative estimate of drug-likeness (QED) is 0.472. The average Bonchev–Trinajstić information content (AvgIpc) is 2.01. The topological polar surface area (TPSA) is 69.9 Å². The fourth-order valence-electron chi connectivity index (χ4n) is 0.987. The maximum atomic E-state index is 9.25. The summed E-state index contributed by atoms with van der Waals surface area (Å²) >= 11 is 1.30. The Morgan fingerprint density at radius 1 is 1.27 bits per heavy atom. The van der Waals surface area contributed by atoms with Crippen LogP contribution in [0.15, 0.2) is 0 Å². The molecule has 5 heteroatoms. The van der Waals surface area contributed by atoms with Crippen LogP contribution in [0, 0.1) is 0 Å². The van der Waals surface area contributed by atoms with Gasteiger partial charge < -0.3 is 20.1 Å². The van der Waals surface area contributed by atoms with E-state index >= 15 is 0 Å². The zero-order valence-electron chi connectivity index (χ0n) is 6.17. The summed E-state index contributed by atoms with van der Waals surface area (Å²) in [4.78, 5) is 0. The van der Waals surface area contributed by atoms with E-state index in [1.54, 1.807) is 0 Å². The maximum Gasteiger partial charge on any atom is 0.131 e. The van der Waals surface area contributed by atoms with Gasteiger partial charge in [-0.1, -0.05) is 0 Å². The van der Waals surface area contributed by atoms with Crippen LogP contribution in [0.25, 0.3) is 0 Å². The SMILES string of the molecule is COC1SC[C@@H](O)[C@H](O)[C@H]1O. The second kappa shape index (κ2) is 3.73. The fourth-order valence-corrected chi connectivity index (χ4v) is 2.06. The van der Waals surface area contributed by atoms with Gasteiger partial charge in [-0.05, 0) is 0 Å². The van der Waals surface area contributed by atoms with Gasteiger partial charge in [-0.3, -0.25) is 0 Å². The molecule has 1 unspecified atom stereocenters. The molecule has 0 saturated carbocycles. The van der Waals surface area contributed by atoms with Gasteiger partial charge in [-0.2, -0.15) is 0 Å². The van der Waals surface area contributed by atoms with Gasteiger partial charge in [0.1, 0.15) is 17.6 Å². The molecule has 1 aliphatic heterocycles. The van der Waals surface area contributed by atoms with Gasteiger partial charge >= 0.3 is 0 Å². The monoisotopic (exact) mass is 180 g/mol. The van der Waals surface area contributed by atoms with E-state index in [1.807, 2.05) is 0 Å². The van der Waals surface area contributed by atoms with Crippen LogP contribution < -0.4 is 0 Å². The summed E-state index contributed by atoms with van der Waals surface area (Å²) in [6, 6.07) is 0. The molecule has 1 aliphatic rings. The van der Waals surface area contributed by atoms with Crippen molar-refractivity contribution in [3.63, 3.8) is 0 Å². The van der Waals surface area contributed by atoms with Gasteiger partial charge in [0, 0.05) is 12.9 Å². The molecule has 1 fully saturated rings. The fraction of sp³-hybridized carbons (Fsp3) is 1.00. The first-order chi connectivity index (χ1) is 5.16. The Morgan fingerprint density at radius 3 is 2.45 bits per heavy atom. The molecule has 4 nitrogen and oxygen atoms in total. The third-order valence-electron chi connectivity index (χ3n) is 1.69. The van der Waals surface area contributed by atoms with Crippen molar-refractivity contribution in [3.8, 4) is 0 Å². The van der Waals surface area contributed by atoms with Crippen molar-refractivity contribution >= 4 is 11.8 Å². The van der Waals surface area contributed by atoms with Crippen molar-refractivity contribution in [3.05, 3.63) is 0 Å². The number of methoxy groups -OCH3 is 1. The molecule has 11 heavy (non-hydrogen) atoms. The zero-order valence-corrected chi connectivity index (χ0v) is 6.99. The Morgan fingerprint density at radius 2 is 1.91 bits per heavy atom. The van der Waals surface area contributed by atoms with E-state index in [1.165, 1.54) is 18.9 Å². The van der Waals surface area contributed by atoms with Gasteiger partial charge in [0.15, 0.2) is 0 Å². The molecule has 0 aromatic rings. The van der Waals surface area contributed by atoms with Gasteiger partial charge in [-0.15, -0.1) is 11.8 Å². The Balaban J connectivity index is 2.52. The molecule has 0 aliphatic carbocycles. The summed E-state index contributed by atoms with van der Waals surface area (Å²) in [5, 5.41) is 27.5. The van der Waals surface area contributed by atoms with E-state index in [4.69, 9.17) is 14.9 Å². The second-order valence-corrected chi connectivity index (χ2v) is 3.62. The van der Waals surface area contributed by atoms with Gasteiger partial charge in [0.2, 0.25) is 0 Å². The van der Waals surface area contributed by atoms with Crippen LogP contribution in [0.2, 0.25) is 0 Å². The number of hydrogen-bond acceptors (Lipinski definition) is 5. The molecule has 0 aromatic heterocycles. The van der Waals surface area contributed by atoms with Crippen LogP contribution in [-0.4, -0.2) is 51.9 Å². The molecular formula is C6H12O4S. The summed E-state index contributed by atoms with van der Waals surface area (Å²) in [7, 11) is 1.46. The van der Waals surface area contributed by atoms with E-state index in [0.717, 1.165) is 0 Å². The normalized spacial score (nSPS) is 45.8. The van der Waals surface area contributed by atoms with Crippen LogP contribution in [-0.2, 0) is 4.74 Å². The molecule has 3 N–H and O–H groups in total. The summed E-state index contributed by atoms with van der Waals surface area (Å²) in [5.41, 5.74) is -0.423. The molecule has 66 valence electrons. The summed E-state index contributed by atoms with van der Waals surface area (Å²) in [6.45, 7) is 0. The first-order valence-corrected chi connectivity index (χ1v) is 4.40. The molecule has 0 spiro atoms. The van der Waals surface area contributed by atoms with Gasteiger partial charge in [0.25, 0.3) is 0 Å².